The number of rotatable bonds is 27. The summed E-state index contributed by atoms with van der Waals surface area (Å²) in [6.45, 7) is 11.4. The molecule has 11 heteroatoms. The average Bonchev–Trinajstić information content (AvgIpc) is 2.92. The van der Waals surface area contributed by atoms with Gasteiger partial charge in [-0.15, -0.1) is 0 Å². The van der Waals surface area contributed by atoms with Crippen molar-refractivity contribution in [3.63, 3.8) is 0 Å². The molecule has 0 atom stereocenters. The summed E-state index contributed by atoms with van der Waals surface area (Å²) in [6.07, 6.45) is 0.925. The zero-order chi connectivity index (χ0) is 26.5. The van der Waals surface area contributed by atoms with Gasteiger partial charge in [0.15, 0.2) is 0 Å². The third kappa shape index (κ3) is 23.9. The van der Waals surface area contributed by atoms with E-state index in [-0.39, 0.29) is 6.61 Å². The highest BCUT2D eigenvalue weighted by atomic mass is 16.6. The van der Waals surface area contributed by atoms with Crippen molar-refractivity contribution in [1.29, 1.82) is 0 Å². The normalized spacial score (nSPS) is 10.8. The molecule has 0 radical (unpaired) electrons. The van der Waals surface area contributed by atoms with Crippen molar-refractivity contribution >= 4 is 6.09 Å². The Labute approximate surface area is 220 Å². The number of carbonyl (C=O) groups excluding carboxylic acids is 1. The highest BCUT2D eigenvalue weighted by Gasteiger charge is 2.01. The minimum Gasteiger partial charge on any atom is -0.499 e. The molecular formula is C26H43NO10. The summed E-state index contributed by atoms with van der Waals surface area (Å²) < 4.78 is 47.8. The molecule has 0 spiro atoms. The first-order valence-corrected chi connectivity index (χ1v) is 12.5. The molecule has 1 aromatic carbocycles. The third-order valence-corrected chi connectivity index (χ3v) is 4.42. The highest BCUT2D eigenvalue weighted by Crippen LogP contribution is 2.00. The molecule has 0 unspecified atom stereocenters. The van der Waals surface area contributed by atoms with E-state index in [1.165, 1.54) is 6.26 Å². The quantitative estimate of drug-likeness (QED) is 0.134. The van der Waals surface area contributed by atoms with E-state index in [1.54, 1.807) is 0 Å². The summed E-state index contributed by atoms with van der Waals surface area (Å²) >= 11 is 0. The van der Waals surface area contributed by atoms with Crippen molar-refractivity contribution in [3.8, 4) is 0 Å². The molecule has 0 aliphatic heterocycles. The number of ether oxygens (including phenoxy) is 9. The third-order valence-electron chi connectivity index (χ3n) is 4.42. The maximum Gasteiger partial charge on any atom is 0.407 e. The van der Waals surface area contributed by atoms with Crippen LogP contribution in [0.25, 0.3) is 0 Å². The fourth-order valence-corrected chi connectivity index (χ4v) is 2.61. The Morgan fingerprint density at radius 1 is 0.622 bits per heavy atom. The number of amides is 1. The van der Waals surface area contributed by atoms with Crippen LogP contribution in [0.5, 0.6) is 0 Å². The van der Waals surface area contributed by atoms with Crippen LogP contribution in [0.15, 0.2) is 43.2 Å². The van der Waals surface area contributed by atoms with Crippen molar-refractivity contribution in [2.45, 2.75) is 6.61 Å². The fraction of sp³-hybridized carbons (Fsp3) is 0.654. The molecule has 37 heavy (non-hydrogen) atoms. The van der Waals surface area contributed by atoms with Gasteiger partial charge < -0.3 is 47.9 Å². The second-order valence-electron chi connectivity index (χ2n) is 7.31. The predicted molar refractivity (Wildman–Crippen MR) is 137 cm³/mol. The standard InChI is InChI=1S/C26H43NO10/c1-2-29-10-11-31-14-15-33-18-19-35-22-23-36-21-20-34-17-16-32-13-12-30-9-8-27-26(28)37-24-25-6-4-3-5-7-25/h2-7H,1,8-24H2,(H,27,28). The molecule has 1 aromatic rings. The van der Waals surface area contributed by atoms with Crippen LogP contribution in [-0.4, -0.2) is 112 Å². The van der Waals surface area contributed by atoms with E-state index in [0.29, 0.717) is 106 Å². The lowest BCUT2D eigenvalue weighted by molar-refractivity contribution is -0.0215. The van der Waals surface area contributed by atoms with Crippen molar-refractivity contribution in [1.82, 2.24) is 5.32 Å². The Morgan fingerprint density at radius 3 is 1.46 bits per heavy atom. The number of alkyl carbamates (subject to hydrolysis) is 1. The molecule has 0 fully saturated rings. The van der Waals surface area contributed by atoms with Gasteiger partial charge in [0.05, 0.1) is 98.8 Å². The lowest BCUT2D eigenvalue weighted by atomic mass is 10.2. The molecule has 0 saturated heterocycles. The Balaban J connectivity index is 1.68. The van der Waals surface area contributed by atoms with Gasteiger partial charge in [-0.05, 0) is 5.56 Å². The Bertz CT molecular complexity index is 635. The van der Waals surface area contributed by atoms with E-state index < -0.39 is 6.09 Å². The molecule has 1 amide bonds. The summed E-state index contributed by atoms with van der Waals surface area (Å²) in [5.41, 5.74) is 0.940. The minimum atomic E-state index is -0.466. The van der Waals surface area contributed by atoms with Gasteiger partial charge in [0.2, 0.25) is 0 Å². The van der Waals surface area contributed by atoms with Gasteiger partial charge in [-0.1, -0.05) is 36.9 Å². The molecule has 0 aliphatic rings. The molecular weight excluding hydrogens is 486 g/mol. The Morgan fingerprint density at radius 2 is 1.03 bits per heavy atom. The van der Waals surface area contributed by atoms with Crippen LogP contribution in [0.4, 0.5) is 4.79 Å². The molecule has 0 heterocycles. The number of nitrogens with one attached hydrogen (secondary N) is 1. The van der Waals surface area contributed by atoms with E-state index in [2.05, 4.69) is 11.9 Å². The lowest BCUT2D eigenvalue weighted by Crippen LogP contribution is -2.28. The maximum absolute atomic E-state index is 11.6. The van der Waals surface area contributed by atoms with Gasteiger partial charge in [-0.3, -0.25) is 0 Å². The van der Waals surface area contributed by atoms with Gasteiger partial charge >= 0.3 is 6.09 Å². The van der Waals surface area contributed by atoms with Crippen molar-refractivity contribution < 1.29 is 47.4 Å². The number of hydrogen-bond acceptors (Lipinski definition) is 10. The zero-order valence-electron chi connectivity index (χ0n) is 21.8. The van der Waals surface area contributed by atoms with E-state index in [1.807, 2.05) is 30.3 Å². The first kappa shape index (κ1) is 32.8. The van der Waals surface area contributed by atoms with Crippen molar-refractivity contribution in [3.05, 3.63) is 48.7 Å². The largest absolute Gasteiger partial charge is 0.499 e. The SMILES string of the molecule is C=COCCOCCOCCOCCOCCOCCOCCOCCNC(=O)OCc1ccccc1. The van der Waals surface area contributed by atoms with Crippen LogP contribution < -0.4 is 5.32 Å². The topological polar surface area (TPSA) is 112 Å². The summed E-state index contributed by atoms with van der Waals surface area (Å²) in [5, 5.41) is 2.64. The first-order valence-electron chi connectivity index (χ1n) is 12.5. The molecule has 212 valence electrons. The smallest absolute Gasteiger partial charge is 0.407 e. The molecule has 0 aliphatic carbocycles. The molecule has 1 N–H and O–H groups in total. The summed E-state index contributed by atoms with van der Waals surface area (Å²) in [4.78, 5) is 11.6. The van der Waals surface area contributed by atoms with Crippen molar-refractivity contribution in [2.24, 2.45) is 0 Å². The van der Waals surface area contributed by atoms with E-state index in [9.17, 15) is 4.79 Å². The second kappa shape index (κ2) is 26.8. The van der Waals surface area contributed by atoms with E-state index >= 15 is 0 Å². The summed E-state index contributed by atoms with van der Waals surface area (Å²) in [7, 11) is 0. The van der Waals surface area contributed by atoms with Crippen LogP contribution in [0.1, 0.15) is 5.56 Å². The monoisotopic (exact) mass is 529 g/mol. The van der Waals surface area contributed by atoms with E-state index in [0.717, 1.165) is 5.56 Å². The molecule has 0 saturated carbocycles. The molecule has 0 bridgehead atoms. The van der Waals surface area contributed by atoms with Gasteiger partial charge in [-0.25, -0.2) is 4.79 Å². The minimum absolute atomic E-state index is 0.242. The van der Waals surface area contributed by atoms with Crippen LogP contribution in [-0.2, 0) is 49.2 Å². The number of hydrogen-bond donors (Lipinski definition) is 1. The maximum atomic E-state index is 11.6. The summed E-state index contributed by atoms with van der Waals surface area (Å²) in [6, 6.07) is 9.51. The number of carbonyl (C=O) groups is 1. The predicted octanol–water partition coefficient (Wildman–Crippen LogP) is 2.19. The fourth-order valence-electron chi connectivity index (χ4n) is 2.61. The van der Waals surface area contributed by atoms with Gasteiger partial charge in [0.1, 0.15) is 13.2 Å². The Kier molecular flexibility index (Phi) is 23.7. The average molecular weight is 530 g/mol. The number of benzene rings is 1. The van der Waals surface area contributed by atoms with Crippen LogP contribution in [0.3, 0.4) is 0 Å². The lowest BCUT2D eigenvalue weighted by Gasteiger charge is -2.09. The van der Waals surface area contributed by atoms with Crippen molar-refractivity contribution in [2.75, 3.05) is 106 Å². The van der Waals surface area contributed by atoms with Gasteiger partial charge in [-0.2, -0.15) is 0 Å². The highest BCUT2D eigenvalue weighted by molar-refractivity contribution is 5.67. The van der Waals surface area contributed by atoms with Crippen LogP contribution >= 0.6 is 0 Å². The van der Waals surface area contributed by atoms with Crippen LogP contribution in [0.2, 0.25) is 0 Å². The first-order chi connectivity index (χ1) is 18.3. The van der Waals surface area contributed by atoms with Crippen LogP contribution in [0, 0.1) is 0 Å². The molecule has 1 rings (SSSR count). The molecule has 0 aromatic heterocycles. The van der Waals surface area contributed by atoms with Gasteiger partial charge in [0, 0.05) is 6.54 Å². The zero-order valence-corrected chi connectivity index (χ0v) is 21.8. The molecule has 11 nitrogen and oxygen atoms in total. The second-order valence-corrected chi connectivity index (χ2v) is 7.31. The van der Waals surface area contributed by atoms with E-state index in [4.69, 9.17) is 42.6 Å². The Hall–Kier alpha value is -2.25. The van der Waals surface area contributed by atoms with Gasteiger partial charge in [0.25, 0.3) is 0 Å². The summed E-state index contributed by atoms with van der Waals surface area (Å²) in [5.74, 6) is 0.